The topological polar surface area (TPSA) is 82.7 Å². The number of benzene rings is 2. The number of para-hydroxylation sites is 1. The number of halogens is 1. The molecule has 3 aromatic rings. The van der Waals surface area contributed by atoms with Gasteiger partial charge >= 0.3 is 5.97 Å². The highest BCUT2D eigenvalue weighted by atomic mass is 127. The Morgan fingerprint density at radius 2 is 1.74 bits per heavy atom. The summed E-state index contributed by atoms with van der Waals surface area (Å²) >= 11 is 2.09. The van der Waals surface area contributed by atoms with E-state index in [1.54, 1.807) is 24.3 Å². The Labute approximate surface area is 145 Å². The Balaban J connectivity index is 2.21. The molecule has 0 aliphatic rings. The summed E-state index contributed by atoms with van der Waals surface area (Å²) in [7, 11) is 0. The summed E-state index contributed by atoms with van der Waals surface area (Å²) in [5.74, 6) is -0.703. The van der Waals surface area contributed by atoms with E-state index in [-0.39, 0.29) is 17.9 Å². The van der Waals surface area contributed by atoms with Gasteiger partial charge in [0.15, 0.2) is 0 Å². The Kier molecular flexibility index (Phi) is 4.16. The molecule has 118 valence electrons. The van der Waals surface area contributed by atoms with Gasteiger partial charge in [-0.1, -0.05) is 24.3 Å². The summed E-state index contributed by atoms with van der Waals surface area (Å²) in [6, 6.07) is 12.1. The molecule has 6 heteroatoms. The van der Waals surface area contributed by atoms with E-state index in [1.807, 2.05) is 22.8 Å². The lowest BCUT2D eigenvalue weighted by molar-refractivity contribution is -0.136. The summed E-state index contributed by atoms with van der Waals surface area (Å²) in [6.07, 6.45) is -0.167. The highest BCUT2D eigenvalue weighted by Crippen LogP contribution is 2.35. The number of carbonyl (C=O) groups is 1. The first-order chi connectivity index (χ1) is 11.0. The van der Waals surface area contributed by atoms with Crippen molar-refractivity contribution in [1.29, 1.82) is 0 Å². The molecule has 0 fully saturated rings. The van der Waals surface area contributed by atoms with Crippen LogP contribution in [0, 0.1) is 3.70 Å². The van der Waals surface area contributed by atoms with Crippen molar-refractivity contribution in [1.82, 2.24) is 4.57 Å². The summed E-state index contributed by atoms with van der Waals surface area (Å²) in [5.41, 5.74) is 2.06. The second-order valence-corrected chi connectivity index (χ2v) is 6.25. The molecule has 0 amide bonds. The van der Waals surface area contributed by atoms with Crippen LogP contribution < -0.4 is 0 Å². The number of hydrogen-bond acceptors (Lipinski definition) is 3. The van der Waals surface area contributed by atoms with Crippen LogP contribution in [0.3, 0.4) is 0 Å². The fourth-order valence-corrected chi connectivity index (χ4v) is 3.61. The van der Waals surface area contributed by atoms with Crippen molar-refractivity contribution in [3.05, 3.63) is 57.3 Å². The predicted molar refractivity (Wildman–Crippen MR) is 94.9 cm³/mol. The lowest BCUT2D eigenvalue weighted by Crippen LogP contribution is -2.05. The second kappa shape index (κ2) is 6.11. The summed E-state index contributed by atoms with van der Waals surface area (Å²) in [4.78, 5) is 11.2. The quantitative estimate of drug-likeness (QED) is 0.563. The van der Waals surface area contributed by atoms with E-state index in [0.717, 1.165) is 14.8 Å². The first-order valence-electron chi connectivity index (χ1n) is 6.96. The number of aromatic nitrogens is 1. The molecule has 1 aromatic heterocycles. The fourth-order valence-electron chi connectivity index (χ4n) is 2.72. The van der Waals surface area contributed by atoms with E-state index in [9.17, 15) is 15.0 Å². The number of rotatable bonds is 4. The maximum Gasteiger partial charge on any atom is 0.307 e. The average molecular weight is 423 g/mol. The number of hydrogen-bond donors (Lipinski definition) is 3. The van der Waals surface area contributed by atoms with Crippen LogP contribution in [0.25, 0.3) is 10.9 Å². The Morgan fingerprint density at radius 3 is 2.43 bits per heavy atom. The number of phenols is 2. The van der Waals surface area contributed by atoms with Crippen molar-refractivity contribution >= 4 is 39.5 Å². The Bertz CT molecular complexity index is 901. The molecule has 0 radical (unpaired) electrons. The highest BCUT2D eigenvalue weighted by molar-refractivity contribution is 14.1. The lowest BCUT2D eigenvalue weighted by Gasteiger charge is -2.09. The molecule has 0 saturated heterocycles. The standard InChI is InChI=1S/C17H14INO4/c18-17-11(8-15(22)23)16-12(5-3-7-14(16)21)19(17)9-10-4-1-2-6-13(10)20/h1-7,20-21H,8-9H2,(H,22,23). The molecule has 0 aliphatic carbocycles. The van der Waals surface area contributed by atoms with Gasteiger partial charge in [-0.05, 0) is 40.8 Å². The zero-order valence-electron chi connectivity index (χ0n) is 12.0. The van der Waals surface area contributed by atoms with Gasteiger partial charge in [0, 0.05) is 16.5 Å². The molecular formula is C17H14INO4. The third kappa shape index (κ3) is 2.86. The maximum absolute atomic E-state index is 11.2. The van der Waals surface area contributed by atoms with Gasteiger partial charge < -0.3 is 19.9 Å². The van der Waals surface area contributed by atoms with Gasteiger partial charge in [-0.15, -0.1) is 0 Å². The monoisotopic (exact) mass is 423 g/mol. The smallest absolute Gasteiger partial charge is 0.307 e. The molecule has 0 atom stereocenters. The Hall–Kier alpha value is -2.22. The van der Waals surface area contributed by atoms with Crippen LogP contribution >= 0.6 is 22.6 Å². The molecule has 1 heterocycles. The maximum atomic E-state index is 11.2. The van der Waals surface area contributed by atoms with Crippen molar-refractivity contribution in [2.24, 2.45) is 0 Å². The van der Waals surface area contributed by atoms with Crippen LogP contribution in [-0.2, 0) is 17.8 Å². The highest BCUT2D eigenvalue weighted by Gasteiger charge is 2.20. The predicted octanol–water partition coefficient (Wildman–Crippen LogP) is 3.33. The van der Waals surface area contributed by atoms with Crippen LogP contribution in [0.15, 0.2) is 42.5 Å². The minimum atomic E-state index is -0.951. The number of aliphatic carboxylic acids is 1. The van der Waals surface area contributed by atoms with E-state index >= 15 is 0 Å². The largest absolute Gasteiger partial charge is 0.508 e. The number of fused-ring (bicyclic) bond motifs is 1. The van der Waals surface area contributed by atoms with Crippen LogP contribution in [0.4, 0.5) is 0 Å². The second-order valence-electron chi connectivity index (χ2n) is 5.23. The molecule has 2 aromatic carbocycles. The molecule has 0 aliphatic heterocycles. The van der Waals surface area contributed by atoms with E-state index < -0.39 is 5.97 Å². The molecule has 0 spiro atoms. The number of nitrogens with zero attached hydrogens (tertiary/aromatic N) is 1. The molecule has 0 saturated carbocycles. The van der Waals surface area contributed by atoms with Gasteiger partial charge in [-0.2, -0.15) is 0 Å². The fraction of sp³-hybridized carbons (Fsp3) is 0.118. The zero-order chi connectivity index (χ0) is 16.6. The third-order valence-corrected chi connectivity index (χ3v) is 4.98. The zero-order valence-corrected chi connectivity index (χ0v) is 14.2. The summed E-state index contributed by atoms with van der Waals surface area (Å²) in [6.45, 7) is 0.393. The van der Waals surface area contributed by atoms with E-state index in [2.05, 4.69) is 22.6 Å². The third-order valence-electron chi connectivity index (χ3n) is 3.75. The van der Waals surface area contributed by atoms with Crippen molar-refractivity contribution in [2.75, 3.05) is 0 Å². The molecule has 3 N–H and O–H groups in total. The SMILES string of the molecule is O=C(O)Cc1c(I)n(Cc2ccccc2O)c2cccc(O)c12. The van der Waals surface area contributed by atoms with E-state index in [0.29, 0.717) is 17.5 Å². The van der Waals surface area contributed by atoms with Crippen LogP contribution in [-0.4, -0.2) is 25.9 Å². The Morgan fingerprint density at radius 1 is 1.04 bits per heavy atom. The first kappa shape index (κ1) is 15.7. The normalized spacial score (nSPS) is 11.0. The first-order valence-corrected chi connectivity index (χ1v) is 8.04. The van der Waals surface area contributed by atoms with Gasteiger partial charge in [0.25, 0.3) is 0 Å². The van der Waals surface area contributed by atoms with Crippen LogP contribution in [0.1, 0.15) is 11.1 Å². The van der Waals surface area contributed by atoms with E-state index in [4.69, 9.17) is 5.11 Å². The van der Waals surface area contributed by atoms with Crippen molar-refractivity contribution in [3.63, 3.8) is 0 Å². The van der Waals surface area contributed by atoms with Gasteiger partial charge in [-0.3, -0.25) is 4.79 Å². The van der Waals surface area contributed by atoms with Gasteiger partial charge in [0.05, 0.1) is 22.2 Å². The van der Waals surface area contributed by atoms with Crippen molar-refractivity contribution < 1.29 is 20.1 Å². The number of carboxylic acid groups (broad SMARTS) is 1. The molecule has 23 heavy (non-hydrogen) atoms. The van der Waals surface area contributed by atoms with Gasteiger partial charge in [-0.25, -0.2) is 0 Å². The molecule has 0 bridgehead atoms. The number of carboxylic acids is 1. The molecule has 3 rings (SSSR count). The van der Waals surface area contributed by atoms with Crippen molar-refractivity contribution in [2.45, 2.75) is 13.0 Å². The molecule has 0 unspecified atom stereocenters. The number of phenolic OH excluding ortho intramolecular Hbond substituents is 2. The molecule has 5 nitrogen and oxygen atoms in total. The van der Waals surface area contributed by atoms with E-state index in [1.165, 1.54) is 0 Å². The van der Waals surface area contributed by atoms with Gasteiger partial charge in [0.1, 0.15) is 11.5 Å². The summed E-state index contributed by atoms with van der Waals surface area (Å²) in [5, 5.41) is 29.8. The van der Waals surface area contributed by atoms with Gasteiger partial charge in [0.2, 0.25) is 0 Å². The van der Waals surface area contributed by atoms with Crippen LogP contribution in [0.2, 0.25) is 0 Å². The minimum Gasteiger partial charge on any atom is -0.508 e. The minimum absolute atomic E-state index is 0.0627. The van der Waals surface area contributed by atoms with Crippen molar-refractivity contribution in [3.8, 4) is 11.5 Å². The lowest BCUT2D eigenvalue weighted by atomic mass is 10.1. The number of aromatic hydroxyl groups is 2. The van der Waals surface area contributed by atoms with Crippen LogP contribution in [0.5, 0.6) is 11.5 Å². The summed E-state index contributed by atoms with van der Waals surface area (Å²) < 4.78 is 2.65. The average Bonchev–Trinajstić information content (AvgIpc) is 2.76. The molecular weight excluding hydrogens is 409 g/mol.